The summed E-state index contributed by atoms with van der Waals surface area (Å²) >= 11 is 0. The molecule has 0 unspecified atom stereocenters. The molecule has 0 fully saturated rings. The zero-order valence-electron chi connectivity index (χ0n) is 15.9. The molecule has 10 heteroatoms. The van der Waals surface area contributed by atoms with Crippen LogP contribution in [0.25, 0.3) is 0 Å². The minimum atomic E-state index is -1.85. The fourth-order valence-corrected chi connectivity index (χ4v) is 11.1. The SMILES string of the molecule is CO[Si](C)(CCCCSSSSCCCC[Si](C)(OC)OC)OC. The molecule has 0 aliphatic heterocycles. The normalized spacial score (nSPS) is 12.8. The number of unbranched alkanes of at least 4 members (excludes halogenated alkanes) is 2. The van der Waals surface area contributed by atoms with Gasteiger partial charge in [-0.3, -0.25) is 0 Å². The average molecular weight is 451 g/mol. The van der Waals surface area contributed by atoms with Crippen molar-refractivity contribution >= 4 is 58.4 Å². The van der Waals surface area contributed by atoms with Crippen molar-refractivity contribution in [3.8, 4) is 0 Å². The summed E-state index contributed by atoms with van der Waals surface area (Å²) in [5.41, 5.74) is 0. The van der Waals surface area contributed by atoms with Gasteiger partial charge in [-0.2, -0.15) is 0 Å². The summed E-state index contributed by atoms with van der Waals surface area (Å²) in [7, 11) is 11.1. The van der Waals surface area contributed by atoms with Crippen LogP contribution in [0.15, 0.2) is 0 Å². The first-order valence-electron chi connectivity index (χ1n) is 8.23. The molecule has 0 saturated heterocycles. The summed E-state index contributed by atoms with van der Waals surface area (Å²) in [6.07, 6.45) is 4.85. The Labute approximate surface area is 166 Å². The molecule has 0 aromatic heterocycles. The highest BCUT2D eigenvalue weighted by molar-refractivity contribution is 9.26. The predicted octanol–water partition coefficient (Wildman–Crippen LogP) is 5.95. The molecule has 0 heterocycles. The highest BCUT2D eigenvalue weighted by Gasteiger charge is 2.28. The second kappa shape index (κ2) is 15.7. The number of rotatable bonds is 17. The van der Waals surface area contributed by atoms with Crippen molar-refractivity contribution < 1.29 is 17.7 Å². The lowest BCUT2D eigenvalue weighted by Crippen LogP contribution is -2.35. The Hall–Kier alpha value is 1.67. The lowest BCUT2D eigenvalue weighted by molar-refractivity contribution is 0.248. The molecule has 0 aliphatic carbocycles. The van der Waals surface area contributed by atoms with Crippen LogP contribution in [0, 0.1) is 0 Å². The monoisotopic (exact) mass is 450 g/mol. The number of hydrogen-bond acceptors (Lipinski definition) is 8. The fraction of sp³-hybridized carbons (Fsp3) is 1.00. The largest absolute Gasteiger partial charge is 0.398 e. The molecular formula is C14H34O4S4Si2. The van der Waals surface area contributed by atoms with E-state index >= 15 is 0 Å². The van der Waals surface area contributed by atoms with E-state index < -0.39 is 17.1 Å². The smallest absolute Gasteiger partial charge is 0.334 e. The van der Waals surface area contributed by atoms with Crippen molar-refractivity contribution in [1.82, 2.24) is 0 Å². The van der Waals surface area contributed by atoms with E-state index in [2.05, 4.69) is 13.1 Å². The molecule has 0 aliphatic rings. The van der Waals surface area contributed by atoms with Crippen molar-refractivity contribution in [3.05, 3.63) is 0 Å². The van der Waals surface area contributed by atoms with Gasteiger partial charge in [-0.05, 0) is 57.7 Å². The second-order valence-corrected chi connectivity index (χ2v) is 19.2. The van der Waals surface area contributed by atoms with Crippen LogP contribution < -0.4 is 0 Å². The zero-order valence-corrected chi connectivity index (χ0v) is 21.2. The Morgan fingerprint density at radius 3 is 1.21 bits per heavy atom. The summed E-state index contributed by atoms with van der Waals surface area (Å²) in [5, 5.41) is 0. The van der Waals surface area contributed by atoms with Crippen LogP contribution >= 0.6 is 41.2 Å². The van der Waals surface area contributed by atoms with Crippen LogP contribution in [0.4, 0.5) is 0 Å². The van der Waals surface area contributed by atoms with Gasteiger partial charge in [-0.15, -0.1) is 0 Å². The van der Waals surface area contributed by atoms with Crippen molar-refractivity contribution in [2.75, 3.05) is 39.9 Å². The molecule has 0 bridgehead atoms. The maximum absolute atomic E-state index is 5.50. The van der Waals surface area contributed by atoms with Crippen molar-refractivity contribution in [2.24, 2.45) is 0 Å². The molecule has 0 aromatic carbocycles. The van der Waals surface area contributed by atoms with E-state index in [0.29, 0.717) is 0 Å². The Kier molecular flexibility index (Phi) is 16.8. The van der Waals surface area contributed by atoms with Crippen LogP contribution in [0.5, 0.6) is 0 Å². The van der Waals surface area contributed by atoms with E-state index in [9.17, 15) is 0 Å². The van der Waals surface area contributed by atoms with Gasteiger partial charge >= 0.3 is 17.1 Å². The molecule has 0 atom stereocenters. The first-order valence-corrected chi connectivity index (χ1v) is 18.4. The summed E-state index contributed by atoms with van der Waals surface area (Å²) < 4.78 is 22.0. The molecule has 0 saturated carbocycles. The molecule has 0 aromatic rings. The van der Waals surface area contributed by atoms with Gasteiger partial charge < -0.3 is 17.7 Å². The fourth-order valence-electron chi connectivity index (χ4n) is 1.90. The van der Waals surface area contributed by atoms with E-state index in [-0.39, 0.29) is 0 Å². The van der Waals surface area contributed by atoms with Gasteiger partial charge in [0.15, 0.2) is 0 Å². The van der Waals surface area contributed by atoms with Crippen LogP contribution in [0.3, 0.4) is 0 Å². The highest BCUT2D eigenvalue weighted by Crippen LogP contribution is 2.43. The number of hydrogen-bond donors (Lipinski definition) is 0. The third kappa shape index (κ3) is 12.9. The molecule has 0 N–H and O–H groups in total. The zero-order chi connectivity index (χ0) is 18.3. The molecular weight excluding hydrogens is 417 g/mol. The lowest BCUT2D eigenvalue weighted by atomic mass is 10.4. The quantitative estimate of drug-likeness (QED) is 0.153. The topological polar surface area (TPSA) is 36.9 Å². The van der Waals surface area contributed by atoms with E-state index in [4.69, 9.17) is 17.7 Å². The second-order valence-electron chi connectivity index (χ2n) is 5.78. The van der Waals surface area contributed by atoms with Gasteiger partial charge in [0.2, 0.25) is 0 Å². The first-order chi connectivity index (χ1) is 11.4. The van der Waals surface area contributed by atoms with Crippen molar-refractivity contribution in [3.63, 3.8) is 0 Å². The maximum Gasteiger partial charge on any atom is 0.334 e. The minimum absolute atomic E-state index is 1.08. The third-order valence-electron chi connectivity index (χ3n) is 4.07. The van der Waals surface area contributed by atoms with E-state index in [1.807, 2.05) is 41.2 Å². The molecule has 0 radical (unpaired) electrons. The van der Waals surface area contributed by atoms with Gasteiger partial charge in [0, 0.05) is 39.9 Å². The average Bonchev–Trinajstić information content (AvgIpc) is 2.62. The van der Waals surface area contributed by atoms with Crippen molar-refractivity contribution in [2.45, 2.75) is 50.9 Å². The third-order valence-corrected chi connectivity index (χ3v) is 16.7. The lowest BCUT2D eigenvalue weighted by Gasteiger charge is -2.22. The summed E-state index contributed by atoms with van der Waals surface area (Å²) in [4.78, 5) is 0. The van der Waals surface area contributed by atoms with Crippen LogP contribution in [-0.2, 0) is 17.7 Å². The summed E-state index contributed by atoms with van der Waals surface area (Å²) in [6.45, 7) is 4.26. The molecule has 24 heavy (non-hydrogen) atoms. The van der Waals surface area contributed by atoms with E-state index in [1.165, 1.54) is 37.2 Å². The van der Waals surface area contributed by atoms with Gasteiger partial charge in [0.05, 0.1) is 0 Å². The molecule has 146 valence electrons. The van der Waals surface area contributed by atoms with Gasteiger partial charge in [-0.1, -0.05) is 34.4 Å². The van der Waals surface area contributed by atoms with Crippen LogP contribution in [0.1, 0.15) is 25.7 Å². The molecule has 0 spiro atoms. The predicted molar refractivity (Wildman–Crippen MR) is 119 cm³/mol. The molecule has 0 rings (SSSR count). The van der Waals surface area contributed by atoms with Gasteiger partial charge in [0.25, 0.3) is 0 Å². The van der Waals surface area contributed by atoms with Crippen LogP contribution in [0.2, 0.25) is 25.2 Å². The van der Waals surface area contributed by atoms with E-state index in [0.717, 1.165) is 12.1 Å². The van der Waals surface area contributed by atoms with Gasteiger partial charge in [0.1, 0.15) is 0 Å². The Morgan fingerprint density at radius 1 is 0.583 bits per heavy atom. The Bertz CT molecular complexity index is 268. The first kappa shape index (κ1) is 25.7. The highest BCUT2D eigenvalue weighted by atomic mass is 33.7. The summed E-state index contributed by atoms with van der Waals surface area (Å²) in [6, 6.07) is 2.16. The standard InChI is InChI=1S/C14H34O4S4Si2/c1-15-23(5,16-2)13-9-7-11-19-21-22-20-12-8-10-14-24(6,17-3)18-4/h7-14H2,1-6H3. The van der Waals surface area contributed by atoms with Crippen LogP contribution in [-0.4, -0.2) is 57.1 Å². The van der Waals surface area contributed by atoms with Gasteiger partial charge in [-0.25, -0.2) is 0 Å². The van der Waals surface area contributed by atoms with E-state index in [1.54, 1.807) is 28.4 Å². The molecule has 4 nitrogen and oxygen atoms in total. The molecule has 0 amide bonds. The summed E-state index contributed by atoms with van der Waals surface area (Å²) in [5.74, 6) is 2.39. The maximum atomic E-state index is 5.50. The Morgan fingerprint density at radius 2 is 0.917 bits per heavy atom. The van der Waals surface area contributed by atoms with Crippen molar-refractivity contribution in [1.29, 1.82) is 0 Å². The minimum Gasteiger partial charge on any atom is -0.398 e. The Balaban J connectivity index is 3.35.